The molecular weight excluding hydrogens is 254 g/mol. The van der Waals surface area contributed by atoms with Crippen LogP contribution in [0.15, 0.2) is 30.3 Å². The third-order valence-electron chi connectivity index (χ3n) is 2.56. The third-order valence-corrected chi connectivity index (χ3v) is 3.00. The molecule has 1 aromatic carbocycles. The summed E-state index contributed by atoms with van der Waals surface area (Å²) >= 11 is 6.09. The van der Waals surface area contributed by atoms with E-state index in [9.17, 15) is 9.59 Å². The maximum absolute atomic E-state index is 12.0. The summed E-state index contributed by atoms with van der Waals surface area (Å²) in [5.41, 5.74) is 0.745. The normalized spacial score (nSPS) is 11.7. The van der Waals surface area contributed by atoms with Crippen LogP contribution in [0.4, 0.5) is 0 Å². The van der Waals surface area contributed by atoms with Crippen molar-refractivity contribution in [3.8, 4) is 0 Å². The van der Waals surface area contributed by atoms with E-state index in [2.05, 4.69) is 4.74 Å². The number of ether oxygens (including phenoxy) is 1. The Hall–Kier alpha value is -1.55. The Morgan fingerprint density at radius 3 is 2.50 bits per heavy atom. The second kappa shape index (κ2) is 7.01. The summed E-state index contributed by atoms with van der Waals surface area (Å²) in [5, 5.41) is -0.728. The van der Waals surface area contributed by atoms with Crippen molar-refractivity contribution in [3.05, 3.63) is 35.9 Å². The van der Waals surface area contributed by atoms with Crippen molar-refractivity contribution in [1.82, 2.24) is 4.90 Å². The van der Waals surface area contributed by atoms with Crippen molar-refractivity contribution >= 4 is 23.5 Å². The molecule has 1 atom stereocenters. The number of methoxy groups -OCH3 is 1. The van der Waals surface area contributed by atoms with E-state index in [0.29, 0.717) is 6.54 Å². The zero-order valence-corrected chi connectivity index (χ0v) is 11.2. The van der Waals surface area contributed by atoms with Crippen LogP contribution in [-0.2, 0) is 14.3 Å². The number of amides is 1. The second-order valence-electron chi connectivity index (χ2n) is 3.86. The van der Waals surface area contributed by atoms with Gasteiger partial charge in [-0.2, -0.15) is 0 Å². The molecule has 0 aliphatic heterocycles. The van der Waals surface area contributed by atoms with Crippen LogP contribution in [0.2, 0.25) is 0 Å². The summed E-state index contributed by atoms with van der Waals surface area (Å²) < 4.78 is 4.52. The fourth-order valence-electron chi connectivity index (χ4n) is 1.43. The maximum Gasteiger partial charge on any atom is 0.307 e. The Morgan fingerprint density at radius 1 is 1.33 bits per heavy atom. The van der Waals surface area contributed by atoms with Gasteiger partial charge in [0.25, 0.3) is 0 Å². The first-order valence-corrected chi connectivity index (χ1v) is 6.00. The lowest BCUT2D eigenvalue weighted by molar-refractivity contribution is -0.141. The molecule has 0 aromatic heterocycles. The van der Waals surface area contributed by atoms with E-state index >= 15 is 0 Å². The first kappa shape index (κ1) is 14.5. The Labute approximate surface area is 111 Å². The highest BCUT2D eigenvalue weighted by Gasteiger charge is 2.21. The Bertz CT molecular complexity index is 408. The van der Waals surface area contributed by atoms with E-state index < -0.39 is 5.38 Å². The van der Waals surface area contributed by atoms with Gasteiger partial charge in [-0.05, 0) is 5.56 Å². The van der Waals surface area contributed by atoms with Crippen LogP contribution >= 0.6 is 11.6 Å². The molecule has 1 rings (SSSR count). The van der Waals surface area contributed by atoms with Crippen molar-refractivity contribution in [2.45, 2.75) is 11.8 Å². The average molecular weight is 270 g/mol. The lowest BCUT2D eigenvalue weighted by atomic mass is 10.1. The summed E-state index contributed by atoms with van der Waals surface area (Å²) in [5.74, 6) is -0.577. The van der Waals surface area contributed by atoms with E-state index in [1.165, 1.54) is 12.0 Å². The molecule has 0 saturated carbocycles. The van der Waals surface area contributed by atoms with Gasteiger partial charge in [0.1, 0.15) is 5.38 Å². The number of nitrogens with zero attached hydrogens (tertiary/aromatic N) is 1. The number of esters is 1. The van der Waals surface area contributed by atoms with Crippen LogP contribution in [-0.4, -0.2) is 37.5 Å². The number of hydrogen-bond donors (Lipinski definition) is 0. The molecule has 0 aliphatic rings. The number of rotatable bonds is 5. The monoisotopic (exact) mass is 269 g/mol. The predicted molar refractivity (Wildman–Crippen MR) is 69.3 cm³/mol. The molecule has 18 heavy (non-hydrogen) atoms. The van der Waals surface area contributed by atoms with Crippen LogP contribution in [0.1, 0.15) is 17.4 Å². The topological polar surface area (TPSA) is 46.6 Å². The van der Waals surface area contributed by atoms with E-state index in [1.807, 2.05) is 18.2 Å². The standard InChI is InChI=1S/C13H16ClNO3/c1-15(9-8-11(16)18-2)13(17)12(14)10-6-4-3-5-7-10/h3-7,12H,8-9H2,1-2H3. The number of hydrogen-bond acceptors (Lipinski definition) is 3. The molecule has 4 nitrogen and oxygen atoms in total. The molecule has 5 heteroatoms. The van der Waals surface area contributed by atoms with Gasteiger partial charge in [0.05, 0.1) is 13.5 Å². The zero-order chi connectivity index (χ0) is 13.5. The fraction of sp³-hybridized carbons (Fsp3) is 0.385. The molecule has 0 radical (unpaired) electrons. The van der Waals surface area contributed by atoms with Crippen LogP contribution in [0, 0.1) is 0 Å². The second-order valence-corrected chi connectivity index (χ2v) is 4.30. The van der Waals surface area contributed by atoms with Crippen molar-refractivity contribution in [1.29, 1.82) is 0 Å². The van der Waals surface area contributed by atoms with Crippen molar-refractivity contribution < 1.29 is 14.3 Å². The molecule has 0 heterocycles. The SMILES string of the molecule is COC(=O)CCN(C)C(=O)C(Cl)c1ccccc1. The molecular formula is C13H16ClNO3. The van der Waals surface area contributed by atoms with Gasteiger partial charge >= 0.3 is 5.97 Å². The number of carbonyl (C=O) groups excluding carboxylic acids is 2. The molecule has 1 unspecified atom stereocenters. The summed E-state index contributed by atoms with van der Waals surface area (Å²) in [7, 11) is 2.93. The van der Waals surface area contributed by atoms with Gasteiger partial charge in [0, 0.05) is 13.6 Å². The first-order valence-electron chi connectivity index (χ1n) is 5.57. The molecule has 1 amide bonds. The molecule has 98 valence electrons. The van der Waals surface area contributed by atoms with E-state index in [1.54, 1.807) is 19.2 Å². The molecule has 1 aromatic rings. The first-order chi connectivity index (χ1) is 8.56. The highest BCUT2D eigenvalue weighted by Crippen LogP contribution is 2.22. The van der Waals surface area contributed by atoms with Gasteiger partial charge in [-0.3, -0.25) is 9.59 Å². The summed E-state index contributed by atoms with van der Waals surface area (Å²) in [6.07, 6.45) is 0.164. The minimum Gasteiger partial charge on any atom is -0.469 e. The van der Waals surface area contributed by atoms with Crippen LogP contribution in [0.3, 0.4) is 0 Å². The van der Waals surface area contributed by atoms with Gasteiger partial charge in [0.2, 0.25) is 5.91 Å². The van der Waals surface area contributed by atoms with Crippen LogP contribution in [0.5, 0.6) is 0 Å². The van der Waals surface area contributed by atoms with Crippen molar-refractivity contribution in [2.75, 3.05) is 20.7 Å². The summed E-state index contributed by atoms with van der Waals surface area (Å²) in [6, 6.07) is 9.10. The highest BCUT2D eigenvalue weighted by molar-refractivity contribution is 6.30. The van der Waals surface area contributed by atoms with Gasteiger partial charge < -0.3 is 9.64 Å². The number of carbonyl (C=O) groups is 2. The number of alkyl halides is 1. The quantitative estimate of drug-likeness (QED) is 0.607. The number of halogens is 1. The zero-order valence-electron chi connectivity index (χ0n) is 10.4. The Morgan fingerprint density at radius 2 is 1.94 bits per heavy atom. The van der Waals surface area contributed by atoms with Gasteiger partial charge in [-0.15, -0.1) is 11.6 Å². The fourth-order valence-corrected chi connectivity index (χ4v) is 1.74. The maximum atomic E-state index is 12.0. The lowest BCUT2D eigenvalue weighted by Crippen LogP contribution is -2.31. The van der Waals surface area contributed by atoms with Crippen LogP contribution in [0.25, 0.3) is 0 Å². The number of benzene rings is 1. The number of likely N-dealkylation sites (N-methyl/N-ethyl adjacent to an activating group) is 1. The molecule has 0 spiro atoms. The molecule has 0 aliphatic carbocycles. The predicted octanol–water partition coefficient (Wildman–Crippen LogP) is 1.99. The van der Waals surface area contributed by atoms with E-state index in [-0.39, 0.29) is 18.3 Å². The molecule has 0 bridgehead atoms. The average Bonchev–Trinajstić information content (AvgIpc) is 2.43. The lowest BCUT2D eigenvalue weighted by Gasteiger charge is -2.19. The van der Waals surface area contributed by atoms with Crippen LogP contribution < -0.4 is 0 Å². The Kier molecular flexibility index (Phi) is 5.65. The third kappa shape index (κ3) is 4.04. The van der Waals surface area contributed by atoms with Crippen molar-refractivity contribution in [2.24, 2.45) is 0 Å². The molecule has 0 N–H and O–H groups in total. The largest absolute Gasteiger partial charge is 0.469 e. The molecule has 0 fully saturated rings. The minimum atomic E-state index is -0.728. The smallest absolute Gasteiger partial charge is 0.307 e. The summed E-state index contributed by atoms with van der Waals surface area (Å²) in [4.78, 5) is 24.4. The summed E-state index contributed by atoms with van der Waals surface area (Å²) in [6.45, 7) is 0.293. The minimum absolute atomic E-state index is 0.164. The van der Waals surface area contributed by atoms with Gasteiger partial charge in [0.15, 0.2) is 0 Å². The van der Waals surface area contributed by atoms with E-state index in [4.69, 9.17) is 11.6 Å². The Balaban J connectivity index is 2.56. The highest BCUT2D eigenvalue weighted by atomic mass is 35.5. The molecule has 0 saturated heterocycles. The van der Waals surface area contributed by atoms with Crippen molar-refractivity contribution in [3.63, 3.8) is 0 Å². The van der Waals surface area contributed by atoms with E-state index in [0.717, 1.165) is 5.56 Å². The van der Waals surface area contributed by atoms with Gasteiger partial charge in [-0.25, -0.2) is 0 Å². The van der Waals surface area contributed by atoms with Gasteiger partial charge in [-0.1, -0.05) is 30.3 Å².